The van der Waals surface area contributed by atoms with E-state index in [1.807, 2.05) is 20.8 Å². The third-order valence-electron chi connectivity index (χ3n) is 4.99. The molecule has 1 aliphatic carbocycles. The van der Waals surface area contributed by atoms with Crippen LogP contribution in [0.2, 0.25) is 0 Å². The lowest BCUT2D eigenvalue weighted by molar-refractivity contribution is -0.128. The molecule has 23 heavy (non-hydrogen) atoms. The van der Waals surface area contributed by atoms with Crippen LogP contribution in [0.3, 0.4) is 0 Å². The van der Waals surface area contributed by atoms with E-state index in [9.17, 15) is 9.59 Å². The largest absolute Gasteiger partial charge is 0.352 e. The van der Waals surface area contributed by atoms with E-state index in [2.05, 4.69) is 27.4 Å². The highest BCUT2D eigenvalue weighted by Gasteiger charge is 2.30. The number of rotatable bonds is 7. The topological polar surface area (TPSA) is 64.7 Å². The minimum atomic E-state index is -0.145. The van der Waals surface area contributed by atoms with Crippen LogP contribution in [-0.4, -0.2) is 72.0 Å². The van der Waals surface area contributed by atoms with E-state index in [4.69, 9.17) is 0 Å². The summed E-state index contributed by atoms with van der Waals surface area (Å²) in [6.07, 6.45) is 3.16. The average Bonchev–Trinajstić information content (AvgIpc) is 3.30. The predicted molar refractivity (Wildman–Crippen MR) is 91.2 cm³/mol. The van der Waals surface area contributed by atoms with Gasteiger partial charge in [-0.15, -0.1) is 0 Å². The zero-order chi connectivity index (χ0) is 17.0. The van der Waals surface area contributed by atoms with E-state index in [0.29, 0.717) is 12.6 Å². The van der Waals surface area contributed by atoms with Crippen LogP contribution in [0.1, 0.15) is 47.0 Å². The van der Waals surface area contributed by atoms with Crippen LogP contribution in [0.25, 0.3) is 0 Å². The van der Waals surface area contributed by atoms with Gasteiger partial charge in [-0.2, -0.15) is 0 Å². The lowest BCUT2D eigenvalue weighted by Crippen LogP contribution is -2.56. The Morgan fingerprint density at radius 3 is 2.30 bits per heavy atom. The maximum Gasteiger partial charge on any atom is 0.237 e. The van der Waals surface area contributed by atoms with Gasteiger partial charge in [0.2, 0.25) is 11.8 Å². The molecule has 1 heterocycles. The molecule has 1 atom stereocenters. The Hall–Kier alpha value is -1.14. The van der Waals surface area contributed by atoms with Gasteiger partial charge >= 0.3 is 0 Å². The minimum Gasteiger partial charge on any atom is -0.352 e. The molecule has 6 nitrogen and oxygen atoms in total. The van der Waals surface area contributed by atoms with Crippen LogP contribution >= 0.6 is 0 Å². The highest BCUT2D eigenvalue weighted by molar-refractivity contribution is 5.82. The van der Waals surface area contributed by atoms with Crippen molar-refractivity contribution in [1.29, 1.82) is 0 Å². The number of hydrogen-bond acceptors (Lipinski definition) is 4. The SMILES string of the molecule is CCC(C)(C)NC(=O)CN1CCN(C(C)C(=O)NC2CC2)CC1. The molecule has 2 amide bonds. The number of nitrogens with one attached hydrogen (secondary N) is 2. The summed E-state index contributed by atoms with van der Waals surface area (Å²) in [5.41, 5.74) is -0.145. The van der Waals surface area contributed by atoms with Crippen molar-refractivity contribution in [2.45, 2.75) is 64.6 Å². The number of amides is 2. The smallest absolute Gasteiger partial charge is 0.237 e. The van der Waals surface area contributed by atoms with E-state index in [1.54, 1.807) is 0 Å². The summed E-state index contributed by atoms with van der Waals surface area (Å²) in [5.74, 6) is 0.230. The molecule has 2 rings (SSSR count). The van der Waals surface area contributed by atoms with Gasteiger partial charge in [0.25, 0.3) is 0 Å². The number of hydrogen-bond donors (Lipinski definition) is 2. The highest BCUT2D eigenvalue weighted by Crippen LogP contribution is 2.19. The summed E-state index contributed by atoms with van der Waals surface area (Å²) >= 11 is 0. The molecule has 1 unspecified atom stereocenters. The van der Waals surface area contributed by atoms with E-state index < -0.39 is 0 Å². The van der Waals surface area contributed by atoms with Gasteiger partial charge in [-0.05, 0) is 40.0 Å². The van der Waals surface area contributed by atoms with Crippen LogP contribution < -0.4 is 10.6 Å². The van der Waals surface area contributed by atoms with Crippen LogP contribution in [0, 0.1) is 0 Å². The molecule has 0 bridgehead atoms. The Morgan fingerprint density at radius 1 is 1.17 bits per heavy atom. The monoisotopic (exact) mass is 324 g/mol. The molecule has 2 fully saturated rings. The van der Waals surface area contributed by atoms with Gasteiger partial charge in [-0.3, -0.25) is 19.4 Å². The fraction of sp³-hybridized carbons (Fsp3) is 0.882. The molecular weight excluding hydrogens is 292 g/mol. The molecular formula is C17H32N4O2. The predicted octanol–water partition coefficient (Wildman–Crippen LogP) is 0.576. The quantitative estimate of drug-likeness (QED) is 0.719. The molecule has 0 aromatic rings. The second-order valence-corrected chi connectivity index (χ2v) is 7.56. The maximum absolute atomic E-state index is 12.1. The highest BCUT2D eigenvalue weighted by atomic mass is 16.2. The Labute approximate surface area is 140 Å². The first-order valence-corrected chi connectivity index (χ1v) is 8.88. The normalized spacial score (nSPS) is 21.7. The number of carbonyl (C=O) groups excluding carboxylic acids is 2. The Bertz CT molecular complexity index is 426. The van der Waals surface area contributed by atoms with E-state index in [1.165, 1.54) is 0 Å². The third kappa shape index (κ3) is 5.77. The van der Waals surface area contributed by atoms with E-state index in [-0.39, 0.29) is 23.4 Å². The van der Waals surface area contributed by atoms with Crippen LogP contribution in [0.15, 0.2) is 0 Å². The van der Waals surface area contributed by atoms with Gasteiger partial charge in [0.1, 0.15) is 0 Å². The van der Waals surface area contributed by atoms with Crippen molar-refractivity contribution in [3.8, 4) is 0 Å². The molecule has 1 saturated heterocycles. The number of carbonyl (C=O) groups is 2. The zero-order valence-electron chi connectivity index (χ0n) is 15.0. The first kappa shape index (κ1) is 18.2. The van der Waals surface area contributed by atoms with Crippen molar-refractivity contribution in [1.82, 2.24) is 20.4 Å². The molecule has 0 spiro atoms. The summed E-state index contributed by atoms with van der Waals surface area (Å²) in [5, 5.41) is 6.14. The van der Waals surface area contributed by atoms with E-state index in [0.717, 1.165) is 45.4 Å². The summed E-state index contributed by atoms with van der Waals surface area (Å²) in [4.78, 5) is 28.6. The Kier molecular flexibility index (Phi) is 6.03. The van der Waals surface area contributed by atoms with Gasteiger partial charge < -0.3 is 10.6 Å². The fourth-order valence-corrected chi connectivity index (χ4v) is 2.73. The molecule has 132 valence electrons. The zero-order valence-corrected chi connectivity index (χ0v) is 15.0. The molecule has 0 radical (unpaired) electrons. The van der Waals surface area contributed by atoms with Crippen molar-refractivity contribution >= 4 is 11.8 Å². The van der Waals surface area contributed by atoms with Gasteiger partial charge in [-0.25, -0.2) is 0 Å². The summed E-state index contributed by atoms with van der Waals surface area (Å²) in [6.45, 7) is 11.9. The minimum absolute atomic E-state index is 0.0781. The first-order valence-electron chi connectivity index (χ1n) is 8.88. The molecule has 0 aromatic carbocycles. The maximum atomic E-state index is 12.1. The molecule has 2 aliphatic rings. The summed E-state index contributed by atoms with van der Waals surface area (Å²) < 4.78 is 0. The van der Waals surface area contributed by atoms with Crippen LogP contribution in [0.5, 0.6) is 0 Å². The van der Waals surface area contributed by atoms with Gasteiger partial charge in [0.05, 0.1) is 12.6 Å². The average molecular weight is 324 g/mol. The fourth-order valence-electron chi connectivity index (χ4n) is 2.73. The Morgan fingerprint density at radius 2 is 1.78 bits per heavy atom. The van der Waals surface area contributed by atoms with Gasteiger partial charge in [0.15, 0.2) is 0 Å². The molecule has 2 N–H and O–H groups in total. The van der Waals surface area contributed by atoms with Crippen molar-refractivity contribution in [2.75, 3.05) is 32.7 Å². The van der Waals surface area contributed by atoms with Crippen molar-refractivity contribution < 1.29 is 9.59 Å². The van der Waals surface area contributed by atoms with Crippen LogP contribution in [-0.2, 0) is 9.59 Å². The molecule has 6 heteroatoms. The first-order chi connectivity index (χ1) is 10.8. The second-order valence-electron chi connectivity index (χ2n) is 7.56. The van der Waals surface area contributed by atoms with Crippen molar-refractivity contribution in [2.24, 2.45) is 0 Å². The van der Waals surface area contributed by atoms with E-state index >= 15 is 0 Å². The lowest BCUT2D eigenvalue weighted by Gasteiger charge is -2.37. The van der Waals surface area contributed by atoms with Crippen LogP contribution in [0.4, 0.5) is 0 Å². The standard InChI is InChI=1S/C17H32N4O2/c1-5-17(3,4)19-15(22)12-20-8-10-21(11-9-20)13(2)16(23)18-14-6-7-14/h13-14H,5-12H2,1-4H3,(H,18,23)(H,19,22). The molecule has 1 saturated carbocycles. The number of nitrogens with zero attached hydrogens (tertiary/aromatic N) is 2. The Balaban J connectivity index is 1.70. The second kappa shape index (κ2) is 7.62. The summed E-state index contributed by atoms with van der Waals surface area (Å²) in [6, 6.07) is 0.336. The number of piperazine rings is 1. The van der Waals surface area contributed by atoms with Crippen molar-refractivity contribution in [3.05, 3.63) is 0 Å². The third-order valence-corrected chi connectivity index (χ3v) is 4.99. The van der Waals surface area contributed by atoms with Gasteiger partial charge in [0, 0.05) is 37.8 Å². The lowest BCUT2D eigenvalue weighted by atomic mass is 10.0. The van der Waals surface area contributed by atoms with Crippen molar-refractivity contribution in [3.63, 3.8) is 0 Å². The summed E-state index contributed by atoms with van der Waals surface area (Å²) in [7, 11) is 0. The van der Waals surface area contributed by atoms with Gasteiger partial charge in [-0.1, -0.05) is 6.92 Å². The molecule has 0 aromatic heterocycles. The molecule has 1 aliphatic heterocycles.